The van der Waals surface area contributed by atoms with Crippen molar-refractivity contribution in [2.24, 2.45) is 5.92 Å². The summed E-state index contributed by atoms with van der Waals surface area (Å²) >= 11 is 0. The molecule has 0 aromatic carbocycles. The Labute approximate surface area is 115 Å². The van der Waals surface area contributed by atoms with Gasteiger partial charge in [-0.25, -0.2) is 4.98 Å². The van der Waals surface area contributed by atoms with E-state index in [-0.39, 0.29) is 24.2 Å². The Balaban J connectivity index is 1.96. The van der Waals surface area contributed by atoms with Crippen LogP contribution < -0.4 is 10.9 Å². The molecule has 2 aromatic heterocycles. The van der Waals surface area contributed by atoms with Crippen LogP contribution in [0.15, 0.2) is 17.3 Å². The molecule has 1 atom stereocenters. The standard InChI is InChI=1S/C11H17N4O4P/c16-4-7(5-20(18)19)1-12-2-8-3-13-10-9(8)14-6-15-11(10)17/h3,6-7,12-13,16,18-19H,1-2,4-5H2,(H,14,15,17). The van der Waals surface area contributed by atoms with Gasteiger partial charge in [0.2, 0.25) is 0 Å². The van der Waals surface area contributed by atoms with Gasteiger partial charge in [-0.3, -0.25) is 4.79 Å². The van der Waals surface area contributed by atoms with E-state index in [4.69, 9.17) is 14.9 Å². The molecule has 2 heterocycles. The Morgan fingerprint density at radius 1 is 1.40 bits per heavy atom. The zero-order chi connectivity index (χ0) is 14.5. The van der Waals surface area contributed by atoms with Crippen LogP contribution in [0.4, 0.5) is 0 Å². The molecule has 8 nitrogen and oxygen atoms in total. The highest BCUT2D eigenvalue weighted by Crippen LogP contribution is 2.25. The maximum Gasteiger partial charge on any atom is 0.275 e. The Bertz CT molecular complexity index is 612. The first-order chi connectivity index (χ1) is 9.61. The van der Waals surface area contributed by atoms with Crippen LogP contribution in [-0.4, -0.2) is 49.2 Å². The van der Waals surface area contributed by atoms with Crippen LogP contribution in [0.1, 0.15) is 5.56 Å². The number of nitrogens with one attached hydrogen (secondary N) is 3. The topological polar surface area (TPSA) is 134 Å². The fourth-order valence-electron chi connectivity index (χ4n) is 1.97. The molecule has 0 bridgehead atoms. The molecule has 1 unspecified atom stereocenters. The lowest BCUT2D eigenvalue weighted by molar-refractivity contribution is 0.232. The van der Waals surface area contributed by atoms with Crippen molar-refractivity contribution in [2.75, 3.05) is 19.3 Å². The molecule has 20 heavy (non-hydrogen) atoms. The number of aromatic nitrogens is 3. The van der Waals surface area contributed by atoms with Crippen LogP contribution in [0.3, 0.4) is 0 Å². The van der Waals surface area contributed by atoms with Crippen LogP contribution in [0, 0.1) is 5.92 Å². The second kappa shape index (κ2) is 6.92. The maximum atomic E-state index is 11.5. The number of aliphatic hydroxyl groups excluding tert-OH is 1. The molecule has 9 heteroatoms. The summed E-state index contributed by atoms with van der Waals surface area (Å²) in [7, 11) is -2.00. The quantitative estimate of drug-likeness (QED) is 0.372. The third-order valence-electron chi connectivity index (χ3n) is 2.98. The number of nitrogens with zero attached hydrogens (tertiary/aromatic N) is 1. The summed E-state index contributed by atoms with van der Waals surface area (Å²) < 4.78 is 0. The minimum absolute atomic E-state index is 0.112. The van der Waals surface area contributed by atoms with E-state index in [1.165, 1.54) is 6.33 Å². The number of fused-ring (bicyclic) bond motifs is 1. The average molecular weight is 300 g/mol. The van der Waals surface area contributed by atoms with Crippen molar-refractivity contribution in [2.45, 2.75) is 6.54 Å². The molecule has 0 spiro atoms. The lowest BCUT2D eigenvalue weighted by Gasteiger charge is -2.15. The van der Waals surface area contributed by atoms with E-state index in [2.05, 4.69) is 20.3 Å². The number of rotatable bonds is 7. The highest BCUT2D eigenvalue weighted by atomic mass is 31.2. The summed E-state index contributed by atoms with van der Waals surface area (Å²) in [6.07, 6.45) is 3.23. The van der Waals surface area contributed by atoms with Gasteiger partial charge in [0.25, 0.3) is 5.56 Å². The van der Waals surface area contributed by atoms with E-state index in [0.29, 0.717) is 24.1 Å². The summed E-state index contributed by atoms with van der Waals surface area (Å²) in [6.45, 7) is 0.812. The smallest absolute Gasteiger partial charge is 0.275 e. The lowest BCUT2D eigenvalue weighted by Crippen LogP contribution is -2.27. The van der Waals surface area contributed by atoms with Gasteiger partial charge >= 0.3 is 0 Å². The molecule has 0 radical (unpaired) electrons. The molecule has 6 N–H and O–H groups in total. The Kier molecular flexibility index (Phi) is 5.22. The van der Waals surface area contributed by atoms with Gasteiger partial charge in [-0.05, 0) is 0 Å². The van der Waals surface area contributed by atoms with Crippen LogP contribution in [0.25, 0.3) is 11.0 Å². The van der Waals surface area contributed by atoms with Crippen molar-refractivity contribution in [3.8, 4) is 0 Å². The minimum atomic E-state index is -2.00. The van der Waals surface area contributed by atoms with Crippen molar-refractivity contribution in [3.63, 3.8) is 0 Å². The molecular weight excluding hydrogens is 283 g/mol. The summed E-state index contributed by atoms with van der Waals surface area (Å²) in [5.74, 6) is -0.210. The van der Waals surface area contributed by atoms with Crippen LogP contribution in [-0.2, 0) is 6.54 Å². The highest BCUT2D eigenvalue weighted by molar-refractivity contribution is 7.45. The van der Waals surface area contributed by atoms with Gasteiger partial charge in [0, 0.05) is 43.5 Å². The molecular formula is C11H17N4O4P. The number of hydrogen-bond donors (Lipinski definition) is 6. The van der Waals surface area contributed by atoms with Gasteiger partial charge < -0.3 is 30.2 Å². The van der Waals surface area contributed by atoms with Crippen molar-refractivity contribution >= 4 is 19.4 Å². The molecule has 0 aliphatic carbocycles. The van der Waals surface area contributed by atoms with Crippen molar-refractivity contribution in [1.82, 2.24) is 20.3 Å². The van der Waals surface area contributed by atoms with E-state index < -0.39 is 8.38 Å². The maximum absolute atomic E-state index is 11.5. The normalized spacial score (nSPS) is 13.2. The predicted molar refractivity (Wildman–Crippen MR) is 75.2 cm³/mol. The van der Waals surface area contributed by atoms with Gasteiger partial charge in [0.15, 0.2) is 8.38 Å². The van der Waals surface area contributed by atoms with Crippen molar-refractivity contribution in [3.05, 3.63) is 28.4 Å². The molecule has 0 aliphatic rings. The Hall–Kier alpha value is -1.31. The molecule has 110 valence electrons. The van der Waals surface area contributed by atoms with Gasteiger partial charge in [-0.1, -0.05) is 0 Å². The van der Waals surface area contributed by atoms with Gasteiger partial charge in [0.1, 0.15) is 5.52 Å². The second-order valence-corrected chi connectivity index (χ2v) is 5.61. The van der Waals surface area contributed by atoms with E-state index in [1.807, 2.05) is 0 Å². The first kappa shape index (κ1) is 15.1. The monoisotopic (exact) mass is 300 g/mol. The summed E-state index contributed by atoms with van der Waals surface area (Å²) in [5, 5.41) is 12.2. The summed E-state index contributed by atoms with van der Waals surface area (Å²) in [5.41, 5.74) is 1.66. The lowest BCUT2D eigenvalue weighted by atomic mass is 10.2. The second-order valence-electron chi connectivity index (χ2n) is 4.50. The van der Waals surface area contributed by atoms with Gasteiger partial charge in [-0.2, -0.15) is 0 Å². The fraction of sp³-hybridized carbons (Fsp3) is 0.455. The number of H-pyrrole nitrogens is 2. The molecule has 0 amide bonds. The third-order valence-corrected chi connectivity index (χ3v) is 3.82. The zero-order valence-corrected chi connectivity index (χ0v) is 11.6. The SMILES string of the molecule is O=c1[nH]cnc2c(CNCC(CO)CP(O)O)c[nH]c12. The van der Waals surface area contributed by atoms with E-state index in [1.54, 1.807) is 6.20 Å². The zero-order valence-electron chi connectivity index (χ0n) is 10.7. The molecule has 2 aromatic rings. The Morgan fingerprint density at radius 2 is 2.20 bits per heavy atom. The first-order valence-corrected chi connectivity index (χ1v) is 7.55. The van der Waals surface area contributed by atoms with E-state index in [9.17, 15) is 4.79 Å². The van der Waals surface area contributed by atoms with Crippen LogP contribution in [0.5, 0.6) is 0 Å². The molecule has 0 fully saturated rings. The average Bonchev–Trinajstić information content (AvgIpc) is 2.82. The number of aromatic amines is 2. The third kappa shape index (κ3) is 3.62. The number of aliphatic hydroxyl groups is 1. The highest BCUT2D eigenvalue weighted by Gasteiger charge is 2.13. The Morgan fingerprint density at radius 3 is 2.90 bits per heavy atom. The van der Waals surface area contributed by atoms with Gasteiger partial charge in [0.05, 0.1) is 11.8 Å². The fourth-order valence-corrected chi connectivity index (χ4v) is 2.67. The molecule has 0 saturated heterocycles. The molecule has 0 aliphatic heterocycles. The van der Waals surface area contributed by atoms with E-state index >= 15 is 0 Å². The van der Waals surface area contributed by atoms with Crippen LogP contribution in [0.2, 0.25) is 0 Å². The summed E-state index contributed by atoms with van der Waals surface area (Å²) in [4.78, 5) is 38.9. The first-order valence-electron chi connectivity index (χ1n) is 6.12. The summed E-state index contributed by atoms with van der Waals surface area (Å²) in [6, 6.07) is 0. The van der Waals surface area contributed by atoms with Crippen LogP contribution >= 0.6 is 8.38 Å². The minimum Gasteiger partial charge on any atom is -0.396 e. The van der Waals surface area contributed by atoms with Gasteiger partial charge in [-0.15, -0.1) is 0 Å². The van der Waals surface area contributed by atoms with Crippen molar-refractivity contribution < 1.29 is 14.9 Å². The molecule has 2 rings (SSSR count). The largest absolute Gasteiger partial charge is 0.396 e. The number of hydrogen-bond acceptors (Lipinski definition) is 6. The molecule has 0 saturated carbocycles. The van der Waals surface area contributed by atoms with Crippen molar-refractivity contribution in [1.29, 1.82) is 0 Å². The van der Waals surface area contributed by atoms with E-state index in [0.717, 1.165) is 5.56 Å². The predicted octanol–water partition coefficient (Wildman–Crippen LogP) is -0.754.